The predicted octanol–water partition coefficient (Wildman–Crippen LogP) is 8.09. The van der Waals surface area contributed by atoms with Crippen molar-refractivity contribution < 1.29 is 4.74 Å². The molecule has 0 saturated carbocycles. The van der Waals surface area contributed by atoms with Gasteiger partial charge in [0.05, 0.1) is 33.1 Å². The summed E-state index contributed by atoms with van der Waals surface area (Å²) in [6, 6.07) is 6.83. The van der Waals surface area contributed by atoms with Crippen LogP contribution < -0.4 is 0 Å². The average Bonchev–Trinajstić information content (AvgIpc) is 3.34. The summed E-state index contributed by atoms with van der Waals surface area (Å²) in [7, 11) is 0. The quantitative estimate of drug-likeness (QED) is 0.292. The molecule has 4 aromatic rings. The molecule has 0 fully saturated rings. The first-order valence-corrected chi connectivity index (χ1v) is 13.7. The Hall–Kier alpha value is -2.53. The van der Waals surface area contributed by atoms with Crippen LogP contribution in [0.3, 0.4) is 0 Å². The van der Waals surface area contributed by atoms with E-state index in [1.807, 2.05) is 6.20 Å². The number of nitrogens with zero attached hydrogens (tertiary/aromatic N) is 4. The van der Waals surface area contributed by atoms with E-state index in [9.17, 15) is 0 Å². The number of fused-ring (bicyclic) bond motifs is 6. The van der Waals surface area contributed by atoms with Gasteiger partial charge in [-0.3, -0.25) is 9.38 Å². The summed E-state index contributed by atoms with van der Waals surface area (Å²) in [5.41, 5.74) is 6.97. The lowest BCUT2D eigenvalue weighted by Gasteiger charge is -2.34. The van der Waals surface area contributed by atoms with Crippen molar-refractivity contribution in [2.75, 3.05) is 0 Å². The van der Waals surface area contributed by atoms with E-state index in [1.54, 1.807) is 0 Å². The Bertz CT molecular complexity index is 1470. The Balaban J connectivity index is 1.93. The lowest BCUT2D eigenvalue weighted by molar-refractivity contribution is -0.151. The zero-order chi connectivity index (χ0) is 26.3. The lowest BCUT2D eigenvalue weighted by Crippen LogP contribution is -2.31. The first-order chi connectivity index (χ1) is 16.8. The normalized spacial score (nSPS) is 17.4. The van der Waals surface area contributed by atoms with E-state index in [0.29, 0.717) is 0 Å². The molecule has 5 nitrogen and oxygen atoms in total. The van der Waals surface area contributed by atoms with Gasteiger partial charge in [-0.25, -0.2) is 9.97 Å². The molecule has 0 atom stereocenters. The van der Waals surface area contributed by atoms with Crippen LogP contribution in [0.4, 0.5) is 0 Å². The van der Waals surface area contributed by atoms with Gasteiger partial charge in [-0.2, -0.15) is 0 Å². The number of ether oxygens (including phenoxy) is 1. The highest BCUT2D eigenvalue weighted by molar-refractivity contribution is 5.96. The summed E-state index contributed by atoms with van der Waals surface area (Å²) < 4.78 is 9.29. The maximum absolute atomic E-state index is 7.01. The van der Waals surface area contributed by atoms with Gasteiger partial charge in [0.1, 0.15) is 11.5 Å². The van der Waals surface area contributed by atoms with Gasteiger partial charge in [-0.1, -0.05) is 69.2 Å². The minimum Gasteiger partial charge on any atom is -0.359 e. The second-order valence-electron chi connectivity index (χ2n) is 12.7. The molecule has 36 heavy (non-hydrogen) atoms. The Morgan fingerprint density at radius 2 is 1.33 bits per heavy atom. The minimum absolute atomic E-state index is 0.0435. The summed E-state index contributed by atoms with van der Waals surface area (Å²) in [6.45, 7) is 22.3. The Morgan fingerprint density at radius 1 is 0.750 bits per heavy atom. The monoisotopic (exact) mass is 486 g/mol. The highest BCUT2D eigenvalue weighted by atomic mass is 16.5. The molecule has 0 saturated heterocycles. The fourth-order valence-corrected chi connectivity index (χ4v) is 6.09. The van der Waals surface area contributed by atoms with Crippen LogP contribution in [0.5, 0.6) is 0 Å². The largest absolute Gasteiger partial charge is 0.359 e. The van der Waals surface area contributed by atoms with E-state index in [1.165, 1.54) is 11.1 Å². The minimum atomic E-state index is -0.269. The van der Waals surface area contributed by atoms with E-state index in [-0.39, 0.29) is 22.0 Å². The molecule has 3 aromatic heterocycles. The van der Waals surface area contributed by atoms with Crippen molar-refractivity contribution in [2.24, 2.45) is 0 Å². The summed E-state index contributed by atoms with van der Waals surface area (Å²) in [6.07, 6.45) is 5.78. The van der Waals surface area contributed by atoms with E-state index in [0.717, 1.165) is 64.8 Å². The molecule has 1 aliphatic heterocycles. The first-order valence-electron chi connectivity index (χ1n) is 13.7. The predicted molar refractivity (Wildman–Crippen MR) is 149 cm³/mol. The number of hydrogen-bond acceptors (Lipinski definition) is 4. The van der Waals surface area contributed by atoms with Crippen LogP contribution in [0.25, 0.3) is 27.6 Å². The SMILES string of the molecule is CCC1(CC)OC(CC)(CC)c2cc3c(cc21)nc1c2cnc(C(C)(C)C)cc2nc(C(C)(C)C)n31. The summed E-state index contributed by atoms with van der Waals surface area (Å²) in [5, 5.41) is 0.998. The van der Waals surface area contributed by atoms with Gasteiger partial charge in [-0.15, -0.1) is 0 Å². The third-order valence-electron chi connectivity index (χ3n) is 8.45. The molecule has 0 spiro atoms. The molecule has 4 heterocycles. The van der Waals surface area contributed by atoms with Crippen LogP contribution in [0.2, 0.25) is 0 Å². The van der Waals surface area contributed by atoms with Crippen molar-refractivity contribution in [3.63, 3.8) is 0 Å². The van der Waals surface area contributed by atoms with E-state index < -0.39 is 0 Å². The van der Waals surface area contributed by atoms with Crippen LogP contribution in [0.1, 0.15) is 118 Å². The highest BCUT2D eigenvalue weighted by Gasteiger charge is 2.50. The molecule has 0 bridgehead atoms. The van der Waals surface area contributed by atoms with Gasteiger partial charge in [0.15, 0.2) is 0 Å². The van der Waals surface area contributed by atoms with Crippen molar-refractivity contribution in [1.82, 2.24) is 19.4 Å². The molecule has 5 heteroatoms. The molecule has 1 aromatic carbocycles. The zero-order valence-electron chi connectivity index (χ0n) is 23.8. The van der Waals surface area contributed by atoms with Gasteiger partial charge >= 0.3 is 0 Å². The van der Waals surface area contributed by atoms with Crippen molar-refractivity contribution >= 4 is 27.6 Å². The number of pyridine rings is 1. The van der Waals surface area contributed by atoms with Crippen LogP contribution in [0.15, 0.2) is 24.4 Å². The Morgan fingerprint density at radius 3 is 1.86 bits per heavy atom. The van der Waals surface area contributed by atoms with Crippen molar-refractivity contribution in [3.05, 3.63) is 47.0 Å². The van der Waals surface area contributed by atoms with Gasteiger partial charge in [-0.05, 0) is 55.0 Å². The van der Waals surface area contributed by atoms with Crippen molar-refractivity contribution in [1.29, 1.82) is 0 Å². The van der Waals surface area contributed by atoms with E-state index in [4.69, 9.17) is 19.7 Å². The van der Waals surface area contributed by atoms with Crippen LogP contribution in [-0.2, 0) is 26.8 Å². The summed E-state index contributed by atoms with van der Waals surface area (Å²) >= 11 is 0. The smallest absolute Gasteiger partial charge is 0.150 e. The molecular formula is C31H42N4O. The van der Waals surface area contributed by atoms with Gasteiger partial charge in [0.2, 0.25) is 0 Å². The third kappa shape index (κ3) is 3.42. The molecule has 5 rings (SSSR count). The Labute approximate surface area is 215 Å². The first kappa shape index (κ1) is 25.1. The standard InChI is InChI=1S/C31H42N4O/c1-11-30(12-2)20-15-23-24(16-21(20)31(13-3,14-4)36-30)35-26(33-23)19-18-32-25(28(5,6)7)17-22(19)34-27(35)29(8,9)10/h15-18H,11-14H2,1-10H3. The average molecular weight is 487 g/mol. The molecule has 0 amide bonds. The lowest BCUT2D eigenvalue weighted by atomic mass is 9.82. The number of aromatic nitrogens is 4. The molecule has 0 unspecified atom stereocenters. The van der Waals surface area contributed by atoms with Crippen LogP contribution >= 0.6 is 0 Å². The van der Waals surface area contributed by atoms with Gasteiger partial charge < -0.3 is 4.74 Å². The molecule has 0 radical (unpaired) electrons. The van der Waals surface area contributed by atoms with E-state index in [2.05, 4.69) is 91.8 Å². The van der Waals surface area contributed by atoms with Crippen molar-refractivity contribution in [2.45, 2.75) is 117 Å². The fraction of sp³-hybridized carbons (Fsp3) is 0.581. The second-order valence-corrected chi connectivity index (χ2v) is 12.7. The fourth-order valence-electron chi connectivity index (χ4n) is 6.09. The second kappa shape index (κ2) is 7.98. The van der Waals surface area contributed by atoms with Crippen molar-refractivity contribution in [3.8, 4) is 0 Å². The molecular weight excluding hydrogens is 444 g/mol. The third-order valence-corrected chi connectivity index (χ3v) is 8.45. The van der Waals surface area contributed by atoms with Gasteiger partial charge in [0, 0.05) is 22.7 Å². The number of imidazole rings is 1. The highest BCUT2D eigenvalue weighted by Crippen LogP contribution is 2.54. The molecule has 192 valence electrons. The molecule has 0 aliphatic carbocycles. The maximum Gasteiger partial charge on any atom is 0.150 e. The zero-order valence-corrected chi connectivity index (χ0v) is 23.8. The number of benzene rings is 1. The molecule has 0 N–H and O–H groups in total. The van der Waals surface area contributed by atoms with Gasteiger partial charge in [0.25, 0.3) is 0 Å². The van der Waals surface area contributed by atoms with Crippen LogP contribution in [0, 0.1) is 0 Å². The van der Waals surface area contributed by atoms with Crippen LogP contribution in [-0.4, -0.2) is 19.4 Å². The summed E-state index contributed by atoms with van der Waals surface area (Å²) in [5.74, 6) is 1.02. The maximum atomic E-state index is 7.01. The molecule has 1 aliphatic rings. The summed E-state index contributed by atoms with van der Waals surface area (Å²) in [4.78, 5) is 15.3. The number of hydrogen-bond donors (Lipinski definition) is 0. The topological polar surface area (TPSA) is 52.3 Å². The van der Waals surface area contributed by atoms with E-state index >= 15 is 0 Å². The number of rotatable bonds is 4. The Kier molecular flexibility index (Phi) is 5.57.